The van der Waals surface area contributed by atoms with Crippen LogP contribution in [0.5, 0.6) is 0 Å². The summed E-state index contributed by atoms with van der Waals surface area (Å²) in [5.41, 5.74) is 0. The molecular formula is C28H58. The minimum Gasteiger partial charge on any atom is -0.0654 e. The standard InChI is InChI=1S/C10H22.3C6H12/c1-3-5-7-9-10-8-6-4-2;3*1-2-4-6-5-3-1/h3-10H2,1-2H3;3*1-6H2. The van der Waals surface area contributed by atoms with Gasteiger partial charge in [0.05, 0.1) is 0 Å². The zero-order valence-electron chi connectivity index (χ0n) is 20.4. The Labute approximate surface area is 181 Å². The molecule has 0 aliphatic heterocycles. The van der Waals surface area contributed by atoms with Gasteiger partial charge in [0.15, 0.2) is 0 Å². The minimum absolute atomic E-state index is 1.37. The lowest BCUT2D eigenvalue weighted by molar-refractivity contribution is 0.504. The summed E-state index contributed by atoms with van der Waals surface area (Å²) >= 11 is 0. The van der Waals surface area contributed by atoms with Gasteiger partial charge in [-0.15, -0.1) is 0 Å². The maximum Gasteiger partial charge on any atom is -0.0533 e. The molecule has 0 saturated heterocycles. The van der Waals surface area contributed by atoms with Crippen LogP contribution in [0.25, 0.3) is 0 Å². The number of hydrogen-bond acceptors (Lipinski definition) is 0. The second kappa shape index (κ2) is 27.0. The van der Waals surface area contributed by atoms with Gasteiger partial charge in [0.2, 0.25) is 0 Å². The first-order valence-electron chi connectivity index (χ1n) is 13.9. The van der Waals surface area contributed by atoms with Gasteiger partial charge in [0.25, 0.3) is 0 Å². The van der Waals surface area contributed by atoms with Gasteiger partial charge in [-0.2, -0.15) is 0 Å². The molecular weight excluding hydrogens is 336 g/mol. The zero-order valence-corrected chi connectivity index (χ0v) is 20.4. The van der Waals surface area contributed by atoms with E-state index in [1.54, 1.807) is 0 Å². The number of rotatable bonds is 7. The lowest BCUT2D eigenvalue weighted by Gasteiger charge is -2.05. The van der Waals surface area contributed by atoms with Gasteiger partial charge >= 0.3 is 0 Å². The monoisotopic (exact) mass is 394 g/mol. The maximum absolute atomic E-state index is 2.27. The van der Waals surface area contributed by atoms with Crippen molar-refractivity contribution >= 4 is 0 Å². The van der Waals surface area contributed by atoms with E-state index in [1.165, 1.54) is 167 Å². The SMILES string of the molecule is C1CCCCC1.C1CCCCC1.C1CCCCC1.CCCCCCCCCC. The summed E-state index contributed by atoms with van der Waals surface area (Å²) in [6.07, 6.45) is 38.5. The predicted octanol–water partition coefficient (Wildman–Crippen LogP) is 11.2. The van der Waals surface area contributed by atoms with E-state index in [0.29, 0.717) is 0 Å². The molecule has 0 atom stereocenters. The van der Waals surface area contributed by atoms with Gasteiger partial charge in [-0.3, -0.25) is 0 Å². The van der Waals surface area contributed by atoms with E-state index in [-0.39, 0.29) is 0 Å². The Hall–Kier alpha value is 0. The van der Waals surface area contributed by atoms with Gasteiger partial charge in [-0.05, 0) is 0 Å². The van der Waals surface area contributed by atoms with Crippen LogP contribution in [-0.2, 0) is 0 Å². The second-order valence-electron chi connectivity index (χ2n) is 9.49. The summed E-state index contributed by atoms with van der Waals surface area (Å²) in [5, 5.41) is 0. The Balaban J connectivity index is 0.000000356. The van der Waals surface area contributed by atoms with Crippen LogP contribution in [0.15, 0.2) is 0 Å². The fourth-order valence-corrected chi connectivity index (χ4v) is 4.39. The van der Waals surface area contributed by atoms with Crippen molar-refractivity contribution in [2.24, 2.45) is 0 Å². The van der Waals surface area contributed by atoms with Gasteiger partial charge in [-0.25, -0.2) is 0 Å². The third kappa shape index (κ3) is 26.0. The van der Waals surface area contributed by atoms with Crippen molar-refractivity contribution in [2.75, 3.05) is 0 Å². The summed E-state index contributed by atoms with van der Waals surface area (Å²) in [4.78, 5) is 0. The van der Waals surface area contributed by atoms with E-state index < -0.39 is 0 Å². The van der Waals surface area contributed by atoms with Crippen LogP contribution < -0.4 is 0 Å². The van der Waals surface area contributed by atoms with Crippen molar-refractivity contribution in [1.29, 1.82) is 0 Å². The topological polar surface area (TPSA) is 0 Å². The molecule has 3 saturated carbocycles. The summed E-state index contributed by atoms with van der Waals surface area (Å²) < 4.78 is 0. The maximum atomic E-state index is 2.27. The van der Waals surface area contributed by atoms with Crippen molar-refractivity contribution in [3.63, 3.8) is 0 Å². The second-order valence-corrected chi connectivity index (χ2v) is 9.49. The fraction of sp³-hybridized carbons (Fsp3) is 1.00. The Kier molecular flexibility index (Phi) is 27.0. The van der Waals surface area contributed by atoms with Crippen LogP contribution in [0, 0.1) is 0 Å². The fourth-order valence-electron chi connectivity index (χ4n) is 4.39. The number of unbranched alkanes of at least 4 members (excludes halogenated alkanes) is 7. The molecule has 0 aromatic rings. The molecule has 0 unspecified atom stereocenters. The smallest absolute Gasteiger partial charge is 0.0533 e. The highest BCUT2D eigenvalue weighted by Gasteiger charge is 1.96. The van der Waals surface area contributed by atoms with Crippen LogP contribution in [0.1, 0.15) is 181 Å². The van der Waals surface area contributed by atoms with Crippen molar-refractivity contribution in [2.45, 2.75) is 181 Å². The molecule has 0 radical (unpaired) electrons. The largest absolute Gasteiger partial charge is 0.0654 e. The first-order valence-corrected chi connectivity index (χ1v) is 13.9. The summed E-state index contributed by atoms with van der Waals surface area (Å²) in [5.74, 6) is 0. The van der Waals surface area contributed by atoms with Crippen LogP contribution in [0.2, 0.25) is 0 Å². The van der Waals surface area contributed by atoms with Gasteiger partial charge in [0.1, 0.15) is 0 Å². The molecule has 0 aromatic heterocycles. The highest BCUT2D eigenvalue weighted by Crippen LogP contribution is 2.16. The van der Waals surface area contributed by atoms with Crippen LogP contribution in [-0.4, -0.2) is 0 Å². The minimum atomic E-state index is 1.37. The third-order valence-corrected chi connectivity index (χ3v) is 6.46. The normalized spacial score (nSPS) is 19.1. The summed E-state index contributed by atoms with van der Waals surface area (Å²) in [7, 11) is 0. The Bertz CT molecular complexity index is 161. The molecule has 0 bridgehead atoms. The Morgan fingerprint density at radius 2 is 0.393 bits per heavy atom. The molecule has 0 aromatic carbocycles. The quantitative estimate of drug-likeness (QED) is 0.376. The van der Waals surface area contributed by atoms with E-state index >= 15 is 0 Å². The Morgan fingerprint density at radius 3 is 0.536 bits per heavy atom. The molecule has 0 nitrogen and oxygen atoms in total. The predicted molar refractivity (Wildman–Crippen MR) is 131 cm³/mol. The van der Waals surface area contributed by atoms with E-state index in [0.717, 1.165) is 0 Å². The molecule has 0 heterocycles. The van der Waals surface area contributed by atoms with Gasteiger partial charge in [-0.1, -0.05) is 181 Å². The van der Waals surface area contributed by atoms with Crippen molar-refractivity contribution < 1.29 is 0 Å². The highest BCUT2D eigenvalue weighted by molar-refractivity contribution is 4.52. The molecule has 0 heteroatoms. The van der Waals surface area contributed by atoms with Gasteiger partial charge in [0, 0.05) is 0 Å². The van der Waals surface area contributed by atoms with Crippen LogP contribution in [0.4, 0.5) is 0 Å². The van der Waals surface area contributed by atoms with Gasteiger partial charge < -0.3 is 0 Å². The molecule has 3 rings (SSSR count). The lowest BCUT2D eigenvalue weighted by Crippen LogP contribution is -1.85. The molecule has 0 N–H and O–H groups in total. The Morgan fingerprint density at radius 1 is 0.250 bits per heavy atom. The van der Waals surface area contributed by atoms with Crippen molar-refractivity contribution in [1.82, 2.24) is 0 Å². The van der Waals surface area contributed by atoms with Crippen LogP contribution >= 0.6 is 0 Å². The molecule has 170 valence electrons. The van der Waals surface area contributed by atoms with Crippen molar-refractivity contribution in [3.05, 3.63) is 0 Å². The molecule has 0 spiro atoms. The van der Waals surface area contributed by atoms with E-state index in [2.05, 4.69) is 13.8 Å². The average molecular weight is 395 g/mol. The molecule has 3 fully saturated rings. The van der Waals surface area contributed by atoms with Crippen molar-refractivity contribution in [3.8, 4) is 0 Å². The summed E-state index contributed by atoms with van der Waals surface area (Å²) in [6.45, 7) is 4.54. The molecule has 28 heavy (non-hydrogen) atoms. The zero-order chi connectivity index (χ0) is 20.4. The third-order valence-electron chi connectivity index (χ3n) is 6.46. The van der Waals surface area contributed by atoms with E-state index in [9.17, 15) is 0 Å². The first kappa shape index (κ1) is 28.0. The van der Waals surface area contributed by atoms with E-state index in [1.807, 2.05) is 0 Å². The molecule has 3 aliphatic rings. The number of hydrogen-bond donors (Lipinski definition) is 0. The van der Waals surface area contributed by atoms with Crippen LogP contribution in [0.3, 0.4) is 0 Å². The lowest BCUT2D eigenvalue weighted by atomic mass is 10.0. The highest BCUT2D eigenvalue weighted by atomic mass is 14.0. The molecule has 0 amide bonds. The van der Waals surface area contributed by atoms with E-state index in [4.69, 9.17) is 0 Å². The summed E-state index contributed by atoms with van der Waals surface area (Å²) in [6, 6.07) is 0. The average Bonchev–Trinajstić information content (AvgIpc) is 2.81. The molecule has 3 aliphatic carbocycles. The first-order chi connectivity index (χ1) is 13.9.